The van der Waals surface area contributed by atoms with Crippen molar-refractivity contribution in [2.24, 2.45) is 0 Å². The van der Waals surface area contributed by atoms with E-state index < -0.39 is 0 Å². The third-order valence-corrected chi connectivity index (χ3v) is 5.02. The molecule has 0 aliphatic carbocycles. The maximum Gasteiger partial charge on any atom is 0.256 e. The Kier molecular flexibility index (Phi) is 6.69. The fourth-order valence-corrected chi connectivity index (χ4v) is 3.58. The molecule has 2 amide bonds. The normalized spacial score (nSPS) is 15.4. The Labute approximate surface area is 167 Å². The average Bonchev–Trinajstić information content (AvgIpc) is 2.98. The molecule has 28 heavy (non-hydrogen) atoms. The summed E-state index contributed by atoms with van der Waals surface area (Å²) >= 11 is 0. The van der Waals surface area contributed by atoms with Gasteiger partial charge in [-0.2, -0.15) is 0 Å². The van der Waals surface area contributed by atoms with E-state index in [0.29, 0.717) is 18.7 Å². The lowest BCUT2D eigenvalue weighted by atomic mass is 10.1. The van der Waals surface area contributed by atoms with Gasteiger partial charge in [-0.15, -0.1) is 0 Å². The Morgan fingerprint density at radius 1 is 1.04 bits per heavy atom. The first kappa shape index (κ1) is 19.9. The van der Waals surface area contributed by atoms with Gasteiger partial charge in [0.25, 0.3) is 11.8 Å². The van der Waals surface area contributed by atoms with Crippen LogP contribution in [0.4, 0.5) is 5.69 Å². The summed E-state index contributed by atoms with van der Waals surface area (Å²) in [6, 6.07) is 15.2. The highest BCUT2D eigenvalue weighted by molar-refractivity contribution is 5.99. The minimum atomic E-state index is -0.216. The lowest BCUT2D eigenvalue weighted by molar-refractivity contribution is 0.0742. The van der Waals surface area contributed by atoms with Crippen LogP contribution in [-0.2, 0) is 0 Å². The molecule has 0 radical (unpaired) electrons. The lowest BCUT2D eigenvalue weighted by Crippen LogP contribution is -2.33. The minimum Gasteiger partial charge on any atom is -0.361 e. The predicted molar refractivity (Wildman–Crippen MR) is 112 cm³/mol. The van der Waals surface area contributed by atoms with E-state index in [4.69, 9.17) is 0 Å². The number of fused-ring (bicyclic) bond motifs is 1. The van der Waals surface area contributed by atoms with Gasteiger partial charge in [-0.05, 0) is 37.1 Å². The highest BCUT2D eigenvalue weighted by Crippen LogP contribution is 2.34. The van der Waals surface area contributed by atoms with Crippen molar-refractivity contribution in [2.45, 2.75) is 45.7 Å². The van der Waals surface area contributed by atoms with Gasteiger partial charge in [-0.25, -0.2) is 0 Å². The van der Waals surface area contributed by atoms with Crippen molar-refractivity contribution in [3.05, 3.63) is 65.2 Å². The standard InChI is InChI=1S/C23H29N3O2/c1-3-5-8-14-24-22(27)17-10-9-11-18(16-17)25-21-19-12-6-7-13-20(19)23(28)26(21)15-4-2/h6-7,9-13,16,21,25H,3-5,8,14-15H2,1-2H3,(H,24,27)/t21-/m1/s1. The van der Waals surface area contributed by atoms with E-state index in [1.54, 1.807) is 0 Å². The molecule has 1 atom stereocenters. The topological polar surface area (TPSA) is 61.4 Å². The second kappa shape index (κ2) is 9.40. The number of carbonyl (C=O) groups excluding carboxylic acids is 2. The number of rotatable bonds is 9. The van der Waals surface area contributed by atoms with Crippen molar-refractivity contribution >= 4 is 17.5 Å². The average molecular weight is 380 g/mol. The number of carbonyl (C=O) groups is 2. The zero-order valence-electron chi connectivity index (χ0n) is 16.7. The van der Waals surface area contributed by atoms with Crippen LogP contribution in [0, 0.1) is 0 Å². The summed E-state index contributed by atoms with van der Waals surface area (Å²) in [5.74, 6) is -0.00663. The highest BCUT2D eigenvalue weighted by Gasteiger charge is 2.35. The molecule has 0 spiro atoms. The second-order valence-electron chi connectivity index (χ2n) is 7.18. The van der Waals surface area contributed by atoms with E-state index in [9.17, 15) is 9.59 Å². The number of unbranched alkanes of at least 4 members (excludes halogenated alkanes) is 2. The summed E-state index contributed by atoms with van der Waals surface area (Å²) in [5, 5.41) is 6.43. The Morgan fingerprint density at radius 2 is 1.86 bits per heavy atom. The quantitative estimate of drug-likeness (QED) is 0.627. The van der Waals surface area contributed by atoms with Gasteiger partial charge in [-0.3, -0.25) is 9.59 Å². The number of hydrogen-bond donors (Lipinski definition) is 2. The van der Waals surface area contributed by atoms with Crippen LogP contribution >= 0.6 is 0 Å². The molecule has 1 heterocycles. The molecule has 0 aromatic heterocycles. The molecule has 3 rings (SSSR count). The first-order chi connectivity index (χ1) is 13.7. The van der Waals surface area contributed by atoms with E-state index in [1.807, 2.05) is 53.4 Å². The van der Waals surface area contributed by atoms with Gasteiger partial charge in [0.05, 0.1) is 0 Å². The van der Waals surface area contributed by atoms with Crippen LogP contribution in [0.3, 0.4) is 0 Å². The molecule has 0 saturated heterocycles. The summed E-state index contributed by atoms with van der Waals surface area (Å²) in [6.45, 7) is 5.59. The summed E-state index contributed by atoms with van der Waals surface area (Å²) in [5.41, 5.74) is 3.19. The molecule has 5 nitrogen and oxygen atoms in total. The van der Waals surface area contributed by atoms with Gasteiger partial charge in [-0.1, -0.05) is 51.0 Å². The molecule has 0 bridgehead atoms. The molecule has 5 heteroatoms. The molecule has 2 aromatic rings. The molecule has 1 aliphatic heterocycles. The SMILES string of the molecule is CCCCCNC(=O)c1cccc(N[C@H]2c3ccccc3C(=O)N2CCC)c1. The van der Waals surface area contributed by atoms with Gasteiger partial charge in [0, 0.05) is 35.5 Å². The number of nitrogens with zero attached hydrogens (tertiary/aromatic N) is 1. The zero-order valence-corrected chi connectivity index (χ0v) is 16.7. The Bertz CT molecular complexity index is 834. The van der Waals surface area contributed by atoms with Crippen molar-refractivity contribution in [3.8, 4) is 0 Å². The van der Waals surface area contributed by atoms with Crippen LogP contribution in [-0.4, -0.2) is 29.8 Å². The van der Waals surface area contributed by atoms with Crippen molar-refractivity contribution in [1.29, 1.82) is 0 Å². The van der Waals surface area contributed by atoms with E-state index >= 15 is 0 Å². The molecular weight excluding hydrogens is 350 g/mol. The van der Waals surface area contributed by atoms with Gasteiger partial charge in [0.2, 0.25) is 0 Å². The van der Waals surface area contributed by atoms with Crippen molar-refractivity contribution in [1.82, 2.24) is 10.2 Å². The highest BCUT2D eigenvalue weighted by atomic mass is 16.2. The summed E-state index contributed by atoms with van der Waals surface area (Å²) in [4.78, 5) is 27.0. The third-order valence-electron chi connectivity index (χ3n) is 5.02. The van der Waals surface area contributed by atoms with Gasteiger partial charge < -0.3 is 15.5 Å². The van der Waals surface area contributed by atoms with E-state index in [1.165, 1.54) is 0 Å². The van der Waals surface area contributed by atoms with Crippen molar-refractivity contribution in [3.63, 3.8) is 0 Å². The van der Waals surface area contributed by atoms with Gasteiger partial charge in [0.15, 0.2) is 0 Å². The Balaban J connectivity index is 1.75. The number of nitrogens with one attached hydrogen (secondary N) is 2. The smallest absolute Gasteiger partial charge is 0.256 e. The van der Waals surface area contributed by atoms with Crippen LogP contribution in [0.2, 0.25) is 0 Å². The van der Waals surface area contributed by atoms with Gasteiger partial charge >= 0.3 is 0 Å². The number of hydrogen-bond acceptors (Lipinski definition) is 3. The van der Waals surface area contributed by atoms with E-state index in [0.717, 1.165) is 42.5 Å². The fourth-order valence-electron chi connectivity index (χ4n) is 3.58. The Morgan fingerprint density at radius 3 is 2.64 bits per heavy atom. The third kappa shape index (κ3) is 4.35. The maximum absolute atomic E-state index is 12.8. The minimum absolute atomic E-state index is 0.0553. The molecule has 148 valence electrons. The molecule has 0 unspecified atom stereocenters. The summed E-state index contributed by atoms with van der Waals surface area (Å²) in [6.07, 6.45) is 3.91. The fraction of sp³-hybridized carbons (Fsp3) is 0.391. The predicted octanol–water partition coefficient (Wildman–Crippen LogP) is 4.58. The second-order valence-corrected chi connectivity index (χ2v) is 7.18. The zero-order chi connectivity index (χ0) is 19.9. The molecule has 2 aromatic carbocycles. The molecule has 0 fully saturated rings. The van der Waals surface area contributed by atoms with E-state index in [2.05, 4.69) is 24.5 Å². The number of amides is 2. The first-order valence-electron chi connectivity index (χ1n) is 10.2. The molecule has 1 aliphatic rings. The van der Waals surface area contributed by atoms with Crippen LogP contribution in [0.25, 0.3) is 0 Å². The van der Waals surface area contributed by atoms with E-state index in [-0.39, 0.29) is 18.0 Å². The van der Waals surface area contributed by atoms with Crippen LogP contribution in [0.5, 0.6) is 0 Å². The Hall–Kier alpha value is -2.82. The first-order valence-corrected chi connectivity index (χ1v) is 10.2. The molecular formula is C23H29N3O2. The summed E-state index contributed by atoms with van der Waals surface area (Å²) < 4.78 is 0. The molecule has 0 saturated carbocycles. The lowest BCUT2D eigenvalue weighted by Gasteiger charge is -2.27. The maximum atomic E-state index is 12.8. The van der Waals surface area contributed by atoms with Crippen molar-refractivity contribution < 1.29 is 9.59 Å². The number of benzene rings is 2. The van der Waals surface area contributed by atoms with Gasteiger partial charge in [0.1, 0.15) is 6.17 Å². The van der Waals surface area contributed by atoms with Crippen molar-refractivity contribution in [2.75, 3.05) is 18.4 Å². The summed E-state index contributed by atoms with van der Waals surface area (Å²) in [7, 11) is 0. The number of anilines is 1. The monoisotopic (exact) mass is 379 g/mol. The van der Waals surface area contributed by atoms with Crippen LogP contribution in [0.1, 0.15) is 72.0 Å². The van der Waals surface area contributed by atoms with Crippen LogP contribution in [0.15, 0.2) is 48.5 Å². The van der Waals surface area contributed by atoms with Crippen LogP contribution < -0.4 is 10.6 Å². The molecule has 2 N–H and O–H groups in total. The largest absolute Gasteiger partial charge is 0.361 e.